The molecular formula is C22H22F2N4O4S. The van der Waals surface area contributed by atoms with Gasteiger partial charge in [-0.3, -0.25) is 9.36 Å². The van der Waals surface area contributed by atoms with Crippen LogP contribution in [0.5, 0.6) is 17.2 Å². The molecule has 0 bridgehead atoms. The molecule has 1 N–H and O–H groups in total. The summed E-state index contributed by atoms with van der Waals surface area (Å²) in [4.78, 5) is 12.5. The molecule has 174 valence electrons. The number of anilines is 1. The molecule has 33 heavy (non-hydrogen) atoms. The van der Waals surface area contributed by atoms with Crippen LogP contribution in [0, 0.1) is 0 Å². The number of rotatable bonds is 11. The smallest absolute Gasteiger partial charge is 0.387 e. The van der Waals surface area contributed by atoms with E-state index in [1.807, 2.05) is 0 Å². The van der Waals surface area contributed by atoms with Crippen molar-refractivity contribution in [2.75, 3.05) is 25.3 Å². The third-order valence-corrected chi connectivity index (χ3v) is 5.35. The van der Waals surface area contributed by atoms with E-state index in [0.717, 1.165) is 0 Å². The highest BCUT2D eigenvalue weighted by Gasteiger charge is 2.16. The first-order valence-electron chi connectivity index (χ1n) is 9.69. The van der Waals surface area contributed by atoms with Crippen molar-refractivity contribution >= 4 is 23.4 Å². The van der Waals surface area contributed by atoms with Gasteiger partial charge in [-0.25, -0.2) is 0 Å². The molecule has 1 amide bonds. The monoisotopic (exact) mass is 476 g/mol. The van der Waals surface area contributed by atoms with Crippen molar-refractivity contribution in [1.29, 1.82) is 0 Å². The van der Waals surface area contributed by atoms with Crippen LogP contribution in [0.25, 0.3) is 11.4 Å². The van der Waals surface area contributed by atoms with E-state index in [9.17, 15) is 13.6 Å². The van der Waals surface area contributed by atoms with Crippen LogP contribution in [-0.2, 0) is 11.3 Å². The Morgan fingerprint density at radius 1 is 1.15 bits per heavy atom. The normalized spacial score (nSPS) is 10.7. The summed E-state index contributed by atoms with van der Waals surface area (Å²) in [7, 11) is 3.05. The predicted octanol–water partition coefficient (Wildman–Crippen LogP) is 4.48. The Labute approximate surface area is 193 Å². The molecule has 2 aromatic carbocycles. The zero-order chi connectivity index (χ0) is 23.8. The third kappa shape index (κ3) is 6.22. The molecule has 0 saturated carbocycles. The van der Waals surface area contributed by atoms with Crippen LogP contribution >= 0.6 is 11.8 Å². The zero-order valence-electron chi connectivity index (χ0n) is 18.0. The number of nitrogens with zero attached hydrogens (tertiary/aromatic N) is 3. The van der Waals surface area contributed by atoms with Gasteiger partial charge in [-0.15, -0.1) is 16.8 Å². The highest BCUT2D eigenvalue weighted by atomic mass is 32.2. The largest absolute Gasteiger partial charge is 0.497 e. The molecule has 0 unspecified atom stereocenters. The molecule has 0 saturated heterocycles. The van der Waals surface area contributed by atoms with E-state index in [2.05, 4.69) is 26.8 Å². The summed E-state index contributed by atoms with van der Waals surface area (Å²) in [6, 6.07) is 11.2. The topological polar surface area (TPSA) is 87.5 Å². The van der Waals surface area contributed by atoms with E-state index in [-0.39, 0.29) is 17.4 Å². The molecule has 0 atom stereocenters. The number of halogens is 2. The number of aromatic nitrogens is 3. The third-order valence-electron chi connectivity index (χ3n) is 4.38. The van der Waals surface area contributed by atoms with Gasteiger partial charge in [-0.1, -0.05) is 17.8 Å². The summed E-state index contributed by atoms with van der Waals surface area (Å²) in [6.07, 6.45) is 1.67. The Morgan fingerprint density at radius 3 is 2.52 bits per heavy atom. The Hall–Kier alpha value is -3.60. The van der Waals surface area contributed by atoms with Crippen molar-refractivity contribution in [2.45, 2.75) is 18.3 Å². The van der Waals surface area contributed by atoms with Crippen molar-refractivity contribution in [2.24, 2.45) is 0 Å². The molecule has 1 aromatic heterocycles. The lowest BCUT2D eigenvalue weighted by Crippen LogP contribution is -2.15. The minimum absolute atomic E-state index is 0.0452. The van der Waals surface area contributed by atoms with Gasteiger partial charge in [0, 0.05) is 18.2 Å². The SMILES string of the molecule is C=CCn1c(SCC(=O)Nc2ccc(OC)cc2OC)nnc1-c1ccc(OC(F)F)cc1. The van der Waals surface area contributed by atoms with Gasteiger partial charge in [0.1, 0.15) is 17.2 Å². The number of carbonyl (C=O) groups is 1. The van der Waals surface area contributed by atoms with E-state index >= 15 is 0 Å². The Morgan fingerprint density at radius 2 is 1.88 bits per heavy atom. The molecule has 8 nitrogen and oxygen atoms in total. The number of alkyl halides is 2. The van der Waals surface area contributed by atoms with Crippen molar-refractivity contribution in [3.63, 3.8) is 0 Å². The van der Waals surface area contributed by atoms with Crippen molar-refractivity contribution in [3.05, 3.63) is 55.1 Å². The van der Waals surface area contributed by atoms with E-state index in [1.54, 1.807) is 48.1 Å². The molecule has 0 aliphatic carbocycles. The number of benzene rings is 2. The van der Waals surface area contributed by atoms with Crippen molar-refractivity contribution in [1.82, 2.24) is 14.8 Å². The van der Waals surface area contributed by atoms with E-state index in [1.165, 1.54) is 31.0 Å². The number of hydrogen-bond acceptors (Lipinski definition) is 7. The number of thioether (sulfide) groups is 1. The first-order valence-corrected chi connectivity index (χ1v) is 10.7. The van der Waals surface area contributed by atoms with Gasteiger partial charge in [0.2, 0.25) is 5.91 Å². The van der Waals surface area contributed by atoms with Crippen molar-refractivity contribution in [3.8, 4) is 28.6 Å². The first kappa shape index (κ1) is 24.1. The van der Waals surface area contributed by atoms with Crippen molar-refractivity contribution < 1.29 is 27.8 Å². The fourth-order valence-corrected chi connectivity index (χ4v) is 3.65. The predicted molar refractivity (Wildman–Crippen MR) is 121 cm³/mol. The van der Waals surface area contributed by atoms with E-state index < -0.39 is 6.61 Å². The minimum atomic E-state index is -2.90. The Balaban J connectivity index is 1.71. The Kier molecular flexibility index (Phi) is 8.25. The van der Waals surface area contributed by atoms with Gasteiger partial charge in [0.25, 0.3) is 0 Å². The lowest BCUT2D eigenvalue weighted by Gasteiger charge is -2.12. The fraction of sp³-hybridized carbons (Fsp3) is 0.227. The summed E-state index contributed by atoms with van der Waals surface area (Å²) in [5.41, 5.74) is 1.17. The summed E-state index contributed by atoms with van der Waals surface area (Å²) in [6.45, 7) is 1.25. The van der Waals surface area contributed by atoms with Gasteiger partial charge in [-0.2, -0.15) is 8.78 Å². The van der Waals surface area contributed by atoms with Crippen LogP contribution in [0.2, 0.25) is 0 Å². The molecule has 3 aromatic rings. The standard InChI is InChI=1S/C22H22F2N4O4S/c1-4-11-28-20(14-5-7-15(8-6-14)32-21(23)24)26-27-22(28)33-13-19(29)25-17-10-9-16(30-2)12-18(17)31-3/h4-10,12,21H,1,11,13H2,2-3H3,(H,25,29). The van der Waals surface area contributed by atoms with Gasteiger partial charge in [0.05, 0.1) is 25.7 Å². The molecule has 3 rings (SSSR count). The number of methoxy groups -OCH3 is 2. The molecule has 0 radical (unpaired) electrons. The summed E-state index contributed by atoms with van der Waals surface area (Å²) in [5, 5.41) is 11.7. The lowest BCUT2D eigenvalue weighted by atomic mass is 10.2. The zero-order valence-corrected chi connectivity index (χ0v) is 18.8. The quantitative estimate of drug-likeness (QED) is 0.322. The second kappa shape index (κ2) is 11.3. The average Bonchev–Trinajstić information content (AvgIpc) is 3.21. The van der Waals surface area contributed by atoms with Gasteiger partial charge >= 0.3 is 6.61 Å². The summed E-state index contributed by atoms with van der Waals surface area (Å²) < 4.78 is 41.3. The maximum atomic E-state index is 12.5. The van der Waals surface area contributed by atoms with Crippen LogP contribution in [0.3, 0.4) is 0 Å². The van der Waals surface area contributed by atoms with Crippen LogP contribution in [-0.4, -0.2) is 47.3 Å². The average molecular weight is 477 g/mol. The van der Waals surface area contributed by atoms with Crippen LogP contribution in [0.15, 0.2) is 60.3 Å². The molecule has 0 aliphatic heterocycles. The van der Waals surface area contributed by atoms with Gasteiger partial charge in [0.15, 0.2) is 11.0 Å². The second-order valence-corrected chi connectivity index (χ2v) is 7.45. The van der Waals surface area contributed by atoms with E-state index in [0.29, 0.717) is 40.3 Å². The highest BCUT2D eigenvalue weighted by Crippen LogP contribution is 2.30. The van der Waals surface area contributed by atoms with Gasteiger partial charge in [-0.05, 0) is 36.4 Å². The summed E-state index contributed by atoms with van der Waals surface area (Å²) in [5.74, 6) is 1.46. The maximum absolute atomic E-state index is 12.5. The molecule has 0 fully saturated rings. The van der Waals surface area contributed by atoms with Crippen LogP contribution < -0.4 is 19.5 Å². The Bertz CT molecular complexity index is 1110. The lowest BCUT2D eigenvalue weighted by molar-refractivity contribution is -0.113. The molecule has 0 spiro atoms. The number of allylic oxidation sites excluding steroid dienone is 1. The number of ether oxygens (including phenoxy) is 3. The molecular weight excluding hydrogens is 454 g/mol. The van der Waals surface area contributed by atoms with E-state index in [4.69, 9.17) is 9.47 Å². The minimum Gasteiger partial charge on any atom is -0.497 e. The highest BCUT2D eigenvalue weighted by molar-refractivity contribution is 7.99. The first-order chi connectivity index (χ1) is 15.9. The summed E-state index contributed by atoms with van der Waals surface area (Å²) >= 11 is 1.20. The molecule has 0 aliphatic rings. The number of carbonyl (C=O) groups excluding carboxylic acids is 1. The fourth-order valence-electron chi connectivity index (χ4n) is 2.91. The maximum Gasteiger partial charge on any atom is 0.387 e. The van der Waals surface area contributed by atoms with Crippen LogP contribution in [0.4, 0.5) is 14.5 Å². The molecule has 1 heterocycles. The number of amides is 1. The van der Waals surface area contributed by atoms with Gasteiger partial charge < -0.3 is 19.5 Å². The van der Waals surface area contributed by atoms with Crippen LogP contribution in [0.1, 0.15) is 0 Å². The second-order valence-electron chi connectivity index (χ2n) is 6.51. The number of nitrogens with one attached hydrogen (secondary N) is 1. The molecule has 11 heteroatoms. The number of hydrogen-bond donors (Lipinski definition) is 1.